The first-order valence-electron chi connectivity index (χ1n) is 5.40. The van der Waals surface area contributed by atoms with Gasteiger partial charge in [-0.3, -0.25) is 0 Å². The van der Waals surface area contributed by atoms with Gasteiger partial charge in [-0.1, -0.05) is 38.5 Å². The molecule has 4 heteroatoms. The van der Waals surface area contributed by atoms with Crippen LogP contribution in [0.3, 0.4) is 0 Å². The van der Waals surface area contributed by atoms with E-state index in [0.29, 0.717) is 5.92 Å². The molecule has 0 fully saturated rings. The smallest absolute Gasteiger partial charge is 0.330 e. The van der Waals surface area contributed by atoms with Crippen LogP contribution < -0.4 is 0 Å². The maximum atomic E-state index is 11.0. The van der Waals surface area contributed by atoms with Crippen molar-refractivity contribution in [3.8, 4) is 0 Å². The van der Waals surface area contributed by atoms with Crippen molar-refractivity contribution in [3.05, 3.63) is 24.3 Å². The molecule has 2 unspecified atom stereocenters. The van der Waals surface area contributed by atoms with Gasteiger partial charge in [0.25, 0.3) is 0 Å². The summed E-state index contributed by atoms with van der Waals surface area (Å²) < 4.78 is 4.66. The molecule has 0 saturated carbocycles. The molecular weight excluding hydrogens is 208 g/mol. The monoisotopic (exact) mass is 228 g/mol. The number of rotatable bonds is 7. The molecule has 0 spiro atoms. The number of aliphatic hydroxyl groups excluding tert-OH is 2. The van der Waals surface area contributed by atoms with Gasteiger partial charge in [-0.25, -0.2) is 4.79 Å². The minimum atomic E-state index is -1.01. The number of allylic oxidation sites excluding steroid dienone is 3. The van der Waals surface area contributed by atoms with E-state index in [9.17, 15) is 4.79 Å². The first-order valence-corrected chi connectivity index (χ1v) is 5.40. The van der Waals surface area contributed by atoms with Gasteiger partial charge < -0.3 is 14.9 Å². The van der Waals surface area contributed by atoms with Gasteiger partial charge >= 0.3 is 5.97 Å². The van der Waals surface area contributed by atoms with Crippen LogP contribution in [0.4, 0.5) is 0 Å². The highest BCUT2D eigenvalue weighted by molar-refractivity contribution is 5.82. The van der Waals surface area contributed by atoms with Gasteiger partial charge in [0.1, 0.15) is 12.7 Å². The fraction of sp³-hybridized carbons (Fsp3) is 0.583. The Morgan fingerprint density at radius 3 is 2.69 bits per heavy atom. The van der Waals surface area contributed by atoms with E-state index >= 15 is 0 Å². The highest BCUT2D eigenvalue weighted by Crippen LogP contribution is 2.01. The molecule has 0 saturated heterocycles. The highest BCUT2D eigenvalue weighted by atomic mass is 16.5. The second kappa shape index (κ2) is 9.12. The van der Waals surface area contributed by atoms with Crippen molar-refractivity contribution < 1.29 is 19.7 Å². The summed E-state index contributed by atoms with van der Waals surface area (Å²) in [7, 11) is 0. The van der Waals surface area contributed by atoms with E-state index in [1.54, 1.807) is 12.2 Å². The van der Waals surface area contributed by atoms with Gasteiger partial charge in [0, 0.05) is 6.08 Å². The van der Waals surface area contributed by atoms with Crippen molar-refractivity contribution in [1.82, 2.24) is 0 Å². The molecule has 2 atom stereocenters. The van der Waals surface area contributed by atoms with Crippen LogP contribution >= 0.6 is 0 Å². The predicted molar refractivity (Wildman–Crippen MR) is 61.8 cm³/mol. The SMILES string of the molecule is CCC(C)C=CC=CC(=O)OCC(O)CO. The van der Waals surface area contributed by atoms with Gasteiger partial charge in [0.2, 0.25) is 0 Å². The Balaban J connectivity index is 3.78. The second-order valence-corrected chi connectivity index (χ2v) is 3.60. The topological polar surface area (TPSA) is 66.8 Å². The first kappa shape index (κ1) is 14.9. The summed E-state index contributed by atoms with van der Waals surface area (Å²) in [6.07, 6.45) is 6.71. The van der Waals surface area contributed by atoms with Crippen molar-refractivity contribution in [2.45, 2.75) is 26.4 Å². The van der Waals surface area contributed by atoms with Crippen LogP contribution in [0.5, 0.6) is 0 Å². The minimum Gasteiger partial charge on any atom is -0.460 e. The Hall–Kier alpha value is -1.13. The van der Waals surface area contributed by atoms with E-state index in [-0.39, 0.29) is 6.61 Å². The van der Waals surface area contributed by atoms with Crippen LogP contribution in [0.1, 0.15) is 20.3 Å². The number of hydrogen-bond acceptors (Lipinski definition) is 4. The lowest BCUT2D eigenvalue weighted by molar-refractivity contribution is -0.141. The maximum Gasteiger partial charge on any atom is 0.330 e. The van der Waals surface area contributed by atoms with E-state index in [4.69, 9.17) is 10.2 Å². The molecule has 0 aromatic carbocycles. The highest BCUT2D eigenvalue weighted by Gasteiger charge is 2.04. The fourth-order valence-corrected chi connectivity index (χ4v) is 0.803. The van der Waals surface area contributed by atoms with Gasteiger partial charge in [-0.05, 0) is 5.92 Å². The Morgan fingerprint density at radius 1 is 1.44 bits per heavy atom. The number of aliphatic hydroxyl groups is 2. The molecule has 0 aliphatic rings. The van der Waals surface area contributed by atoms with E-state index in [1.807, 2.05) is 6.08 Å². The van der Waals surface area contributed by atoms with E-state index in [1.165, 1.54) is 6.08 Å². The zero-order valence-corrected chi connectivity index (χ0v) is 9.80. The third kappa shape index (κ3) is 8.20. The largest absolute Gasteiger partial charge is 0.460 e. The molecule has 2 N–H and O–H groups in total. The quantitative estimate of drug-likeness (QED) is 0.388. The summed E-state index contributed by atoms with van der Waals surface area (Å²) in [4.78, 5) is 11.0. The molecular formula is C12H20O4. The summed E-state index contributed by atoms with van der Waals surface area (Å²) >= 11 is 0. The molecule has 0 bridgehead atoms. The lowest BCUT2D eigenvalue weighted by Crippen LogP contribution is -2.21. The third-order valence-corrected chi connectivity index (χ3v) is 2.06. The van der Waals surface area contributed by atoms with Crippen molar-refractivity contribution in [1.29, 1.82) is 0 Å². The number of carbonyl (C=O) groups excluding carboxylic acids is 1. The lowest BCUT2D eigenvalue weighted by Gasteiger charge is -2.05. The van der Waals surface area contributed by atoms with Crippen LogP contribution in [0.25, 0.3) is 0 Å². The van der Waals surface area contributed by atoms with Crippen LogP contribution in [0.15, 0.2) is 24.3 Å². The summed E-state index contributed by atoms with van der Waals surface area (Å²) in [5.74, 6) is -0.0433. The Labute approximate surface area is 96.2 Å². The zero-order valence-electron chi connectivity index (χ0n) is 9.80. The van der Waals surface area contributed by atoms with Gasteiger partial charge in [0.05, 0.1) is 6.61 Å². The molecule has 4 nitrogen and oxygen atoms in total. The summed E-state index contributed by atoms with van der Waals surface area (Å²) in [5.41, 5.74) is 0. The normalized spacial score (nSPS) is 15.5. The third-order valence-electron chi connectivity index (χ3n) is 2.06. The predicted octanol–water partition coefficient (Wildman–Crippen LogP) is 1.04. The minimum absolute atomic E-state index is 0.186. The summed E-state index contributed by atoms with van der Waals surface area (Å²) in [6, 6.07) is 0. The lowest BCUT2D eigenvalue weighted by atomic mass is 10.1. The van der Waals surface area contributed by atoms with Gasteiger partial charge in [0.15, 0.2) is 0 Å². The molecule has 0 aromatic rings. The van der Waals surface area contributed by atoms with Crippen molar-refractivity contribution >= 4 is 5.97 Å². The number of esters is 1. The molecule has 0 aromatic heterocycles. The van der Waals surface area contributed by atoms with E-state index < -0.39 is 18.7 Å². The maximum absolute atomic E-state index is 11.0. The number of carbonyl (C=O) groups is 1. The van der Waals surface area contributed by atoms with Crippen LogP contribution in [-0.4, -0.2) is 35.5 Å². The summed E-state index contributed by atoms with van der Waals surface area (Å²) in [6.45, 7) is 3.57. The number of ether oxygens (including phenoxy) is 1. The van der Waals surface area contributed by atoms with Crippen LogP contribution in [0, 0.1) is 5.92 Å². The molecule has 0 aliphatic carbocycles. The summed E-state index contributed by atoms with van der Waals surface area (Å²) in [5, 5.41) is 17.4. The van der Waals surface area contributed by atoms with Crippen molar-refractivity contribution in [2.75, 3.05) is 13.2 Å². The first-order chi connectivity index (χ1) is 7.60. The Morgan fingerprint density at radius 2 is 2.12 bits per heavy atom. The fourth-order valence-electron chi connectivity index (χ4n) is 0.803. The second-order valence-electron chi connectivity index (χ2n) is 3.60. The van der Waals surface area contributed by atoms with Crippen LogP contribution in [0.2, 0.25) is 0 Å². The van der Waals surface area contributed by atoms with Crippen molar-refractivity contribution in [3.63, 3.8) is 0 Å². The van der Waals surface area contributed by atoms with Crippen LogP contribution in [-0.2, 0) is 9.53 Å². The molecule has 0 heterocycles. The molecule has 92 valence electrons. The molecule has 0 rings (SSSR count). The Kier molecular flexibility index (Phi) is 8.48. The average Bonchev–Trinajstić information content (AvgIpc) is 2.31. The molecule has 16 heavy (non-hydrogen) atoms. The standard InChI is InChI=1S/C12H20O4/c1-3-10(2)6-4-5-7-12(15)16-9-11(14)8-13/h4-7,10-11,13-14H,3,8-9H2,1-2H3. The average molecular weight is 228 g/mol. The van der Waals surface area contributed by atoms with Crippen molar-refractivity contribution in [2.24, 2.45) is 5.92 Å². The van der Waals surface area contributed by atoms with Gasteiger partial charge in [-0.2, -0.15) is 0 Å². The van der Waals surface area contributed by atoms with E-state index in [2.05, 4.69) is 18.6 Å². The van der Waals surface area contributed by atoms with Gasteiger partial charge in [-0.15, -0.1) is 0 Å². The Bertz CT molecular complexity index is 245. The molecule has 0 radical (unpaired) electrons. The number of hydrogen-bond donors (Lipinski definition) is 2. The molecule has 0 amide bonds. The zero-order chi connectivity index (χ0) is 12.4. The molecule has 0 aliphatic heterocycles. The van der Waals surface area contributed by atoms with E-state index in [0.717, 1.165) is 6.42 Å².